The van der Waals surface area contributed by atoms with Gasteiger partial charge in [0.15, 0.2) is 6.73 Å². The lowest BCUT2D eigenvalue weighted by Gasteiger charge is -2.43. The molecule has 0 spiro atoms. The molecule has 384 valence electrons. The predicted octanol–water partition coefficient (Wildman–Crippen LogP) is 10.5. The molecule has 2 aromatic carbocycles. The summed E-state index contributed by atoms with van der Waals surface area (Å²) in [6, 6.07) is 13.4. The zero-order valence-corrected chi connectivity index (χ0v) is 43.2. The molecular formula is C57H86N8O5. The lowest BCUT2D eigenvalue weighted by Crippen LogP contribution is -2.59. The van der Waals surface area contributed by atoms with Crippen LogP contribution in [0.15, 0.2) is 53.5 Å². The molecule has 70 heavy (non-hydrogen) atoms. The number of aromatic nitrogens is 3. The van der Waals surface area contributed by atoms with Crippen molar-refractivity contribution in [3.8, 4) is 0 Å². The number of nitrogens with one attached hydrogen (secondary N) is 2. The summed E-state index contributed by atoms with van der Waals surface area (Å²) in [5.74, 6) is -0.217. The first-order valence-electron chi connectivity index (χ1n) is 27.7. The number of piperidine rings is 2. The number of rotatable bonds is 26. The third-order valence-electron chi connectivity index (χ3n) is 15.6. The lowest BCUT2D eigenvalue weighted by atomic mass is 9.89. The van der Waals surface area contributed by atoms with E-state index in [9.17, 15) is 19.2 Å². The number of para-hydroxylation sites is 1. The van der Waals surface area contributed by atoms with Crippen LogP contribution in [0.1, 0.15) is 171 Å². The molecule has 5 heterocycles. The van der Waals surface area contributed by atoms with Crippen LogP contribution >= 0.6 is 0 Å². The van der Waals surface area contributed by atoms with E-state index in [4.69, 9.17) is 9.84 Å². The van der Waals surface area contributed by atoms with Gasteiger partial charge >= 0.3 is 12.0 Å². The SMILES string of the molecule is CCCCCCCCCCCCCCCCCCCC(=O)OCn1cc2cc(CC(NC(=O)N3CCC(c4cc5ccccc5[nH]c4=O)CC3)C(=O)N3CCN(C4CCN(C)CC4)CC3)cc(C)c2n1. The average molecular weight is 963 g/mol. The Balaban J connectivity index is 0.872. The topological polar surface area (TPSA) is 136 Å². The highest BCUT2D eigenvalue weighted by Gasteiger charge is 2.34. The van der Waals surface area contributed by atoms with Gasteiger partial charge < -0.3 is 29.7 Å². The minimum absolute atomic E-state index is 0.0448. The van der Waals surface area contributed by atoms with Gasteiger partial charge in [0.05, 0.1) is 5.52 Å². The monoisotopic (exact) mass is 963 g/mol. The van der Waals surface area contributed by atoms with Crippen LogP contribution in [-0.2, 0) is 27.5 Å². The lowest BCUT2D eigenvalue weighted by molar-refractivity contribution is -0.148. The average Bonchev–Trinajstić information content (AvgIpc) is 3.80. The van der Waals surface area contributed by atoms with Crippen molar-refractivity contribution in [3.05, 3.63) is 75.7 Å². The fourth-order valence-electron chi connectivity index (χ4n) is 11.3. The van der Waals surface area contributed by atoms with Crippen molar-refractivity contribution in [2.24, 2.45) is 0 Å². The van der Waals surface area contributed by atoms with Crippen LogP contribution in [0.25, 0.3) is 21.8 Å². The summed E-state index contributed by atoms with van der Waals surface area (Å²) in [5, 5.41) is 9.85. The first-order chi connectivity index (χ1) is 34.1. The van der Waals surface area contributed by atoms with Crippen molar-refractivity contribution in [1.29, 1.82) is 0 Å². The molecule has 13 heteroatoms. The smallest absolute Gasteiger partial charge is 0.318 e. The molecule has 3 saturated heterocycles. The van der Waals surface area contributed by atoms with Crippen LogP contribution < -0.4 is 10.9 Å². The summed E-state index contributed by atoms with van der Waals surface area (Å²) in [7, 11) is 2.18. The van der Waals surface area contributed by atoms with Crippen molar-refractivity contribution in [2.75, 3.05) is 59.4 Å². The van der Waals surface area contributed by atoms with Gasteiger partial charge in [0.1, 0.15) is 6.04 Å². The summed E-state index contributed by atoms with van der Waals surface area (Å²) in [6.07, 6.45) is 28.5. The molecule has 0 radical (unpaired) electrons. The zero-order valence-electron chi connectivity index (χ0n) is 43.2. The summed E-state index contributed by atoms with van der Waals surface area (Å²) >= 11 is 0. The Morgan fingerprint density at radius 3 is 1.99 bits per heavy atom. The third-order valence-corrected chi connectivity index (χ3v) is 15.6. The van der Waals surface area contributed by atoms with E-state index in [0.29, 0.717) is 57.9 Å². The highest BCUT2D eigenvalue weighted by Crippen LogP contribution is 2.28. The number of unbranched alkanes of at least 4 members (excludes halogenated alkanes) is 16. The molecule has 3 aliphatic rings. The molecule has 7 rings (SSSR count). The summed E-state index contributed by atoms with van der Waals surface area (Å²) in [5.41, 5.74) is 4.21. The second kappa shape index (κ2) is 27.7. The van der Waals surface area contributed by atoms with Gasteiger partial charge in [-0.05, 0) is 99.8 Å². The molecule has 3 fully saturated rings. The number of benzene rings is 2. The molecule has 2 aromatic heterocycles. The maximum atomic E-state index is 14.5. The molecule has 0 aliphatic carbocycles. The standard InChI is InChI=1S/C57H86N8O5/c1-4-5-6-7-8-9-10-11-12-13-14-15-16-17-18-19-20-25-53(66)70-43-65-42-48-39-45(38-44(2)54(48)60-65)40-52(56(68)63-36-34-62(35-37-63)49-28-30-61(3)31-29-49)59-57(69)64-32-26-46(27-33-64)50-41-47-23-21-22-24-51(47)58-55(50)67/h21-24,38-39,41-42,46,49,52H,4-20,25-37,40,43H2,1-3H3,(H,58,67)(H,59,69). The fourth-order valence-corrected chi connectivity index (χ4v) is 11.3. The number of esters is 1. The van der Waals surface area contributed by atoms with E-state index in [1.807, 2.05) is 54.4 Å². The first-order valence-corrected chi connectivity index (χ1v) is 27.7. The molecule has 13 nitrogen and oxygen atoms in total. The van der Waals surface area contributed by atoms with Crippen molar-refractivity contribution >= 4 is 39.7 Å². The van der Waals surface area contributed by atoms with Crippen molar-refractivity contribution < 1.29 is 19.1 Å². The largest absolute Gasteiger partial charge is 0.442 e. The Kier molecular flexibility index (Phi) is 21.0. The molecule has 1 unspecified atom stereocenters. The highest BCUT2D eigenvalue weighted by atomic mass is 16.5. The first kappa shape index (κ1) is 53.1. The molecule has 2 N–H and O–H groups in total. The highest BCUT2D eigenvalue weighted by molar-refractivity contribution is 5.88. The maximum absolute atomic E-state index is 14.5. The van der Waals surface area contributed by atoms with Crippen LogP contribution in [0.2, 0.25) is 0 Å². The van der Waals surface area contributed by atoms with Crippen LogP contribution in [0.3, 0.4) is 0 Å². The van der Waals surface area contributed by atoms with Crippen LogP contribution in [0.4, 0.5) is 4.79 Å². The summed E-state index contributed by atoms with van der Waals surface area (Å²) < 4.78 is 7.34. The number of nitrogens with zero attached hydrogens (tertiary/aromatic N) is 6. The van der Waals surface area contributed by atoms with E-state index in [-0.39, 0.29) is 36.1 Å². The van der Waals surface area contributed by atoms with E-state index in [1.54, 1.807) is 9.58 Å². The van der Waals surface area contributed by atoms with Crippen LogP contribution in [0.5, 0.6) is 0 Å². The Morgan fingerprint density at radius 1 is 0.729 bits per heavy atom. The molecule has 0 saturated carbocycles. The third kappa shape index (κ3) is 15.9. The number of H-pyrrole nitrogens is 1. The van der Waals surface area contributed by atoms with Crippen molar-refractivity contribution in [1.82, 2.24) is 39.7 Å². The summed E-state index contributed by atoms with van der Waals surface area (Å²) in [4.78, 5) is 66.1. The molecule has 4 aromatic rings. The van der Waals surface area contributed by atoms with Gasteiger partial charge in [0.2, 0.25) is 5.91 Å². The number of amides is 3. The van der Waals surface area contributed by atoms with Gasteiger partial charge in [-0.15, -0.1) is 0 Å². The van der Waals surface area contributed by atoms with Gasteiger partial charge in [0.25, 0.3) is 5.56 Å². The number of fused-ring (bicyclic) bond motifs is 2. The van der Waals surface area contributed by atoms with E-state index in [0.717, 1.165) is 96.8 Å². The number of ether oxygens (including phenoxy) is 1. The van der Waals surface area contributed by atoms with E-state index >= 15 is 0 Å². The predicted molar refractivity (Wildman–Crippen MR) is 282 cm³/mol. The normalized spacial score (nSPS) is 17.1. The fraction of sp³-hybridized carbons (Fsp3) is 0.667. The van der Waals surface area contributed by atoms with E-state index in [2.05, 4.69) is 40.1 Å². The second-order valence-corrected chi connectivity index (χ2v) is 21.1. The van der Waals surface area contributed by atoms with Gasteiger partial charge in [-0.1, -0.05) is 134 Å². The minimum atomic E-state index is -0.759. The number of carbonyl (C=O) groups excluding carboxylic acids is 3. The number of likely N-dealkylation sites (tertiary alicyclic amines) is 2. The zero-order chi connectivity index (χ0) is 49.1. The number of hydrogen-bond donors (Lipinski definition) is 2. The van der Waals surface area contributed by atoms with Gasteiger partial charge in [-0.2, -0.15) is 5.10 Å². The number of aromatic amines is 1. The molecule has 3 amide bonds. The Bertz CT molecular complexity index is 2300. The quantitative estimate of drug-likeness (QED) is 0.0469. The number of pyridine rings is 1. The van der Waals surface area contributed by atoms with E-state index in [1.165, 1.54) is 89.9 Å². The number of hydrogen-bond acceptors (Lipinski definition) is 8. The molecular weight excluding hydrogens is 877 g/mol. The molecule has 0 bridgehead atoms. The van der Waals surface area contributed by atoms with Crippen LogP contribution in [0, 0.1) is 6.92 Å². The number of carbonyl (C=O) groups is 3. The Labute approximate surface area is 418 Å². The Hall–Kier alpha value is -4.75. The van der Waals surface area contributed by atoms with E-state index < -0.39 is 6.04 Å². The number of urea groups is 1. The number of piperazine rings is 1. The van der Waals surface area contributed by atoms with Gasteiger partial charge in [0, 0.05) is 80.8 Å². The second-order valence-electron chi connectivity index (χ2n) is 21.1. The van der Waals surface area contributed by atoms with Crippen LogP contribution in [-0.4, -0.2) is 124 Å². The molecule has 3 aliphatic heterocycles. The maximum Gasteiger partial charge on any atom is 0.318 e. The van der Waals surface area contributed by atoms with Gasteiger partial charge in [-0.3, -0.25) is 19.3 Å². The van der Waals surface area contributed by atoms with Crippen molar-refractivity contribution in [3.63, 3.8) is 0 Å². The van der Waals surface area contributed by atoms with Crippen molar-refractivity contribution in [2.45, 2.75) is 186 Å². The summed E-state index contributed by atoms with van der Waals surface area (Å²) in [6.45, 7) is 10.4. The molecule has 1 atom stereocenters. The number of aryl methyl sites for hydroxylation is 1. The Morgan fingerprint density at radius 2 is 1.34 bits per heavy atom. The minimum Gasteiger partial charge on any atom is -0.442 e. The van der Waals surface area contributed by atoms with Gasteiger partial charge in [-0.25, -0.2) is 9.48 Å².